The topological polar surface area (TPSA) is 0 Å². The Morgan fingerprint density at radius 2 is 0.714 bits per heavy atom. The zero-order valence-corrected chi connectivity index (χ0v) is 23.7. The van der Waals surface area contributed by atoms with E-state index >= 15 is 0 Å². The summed E-state index contributed by atoms with van der Waals surface area (Å²) in [7, 11) is 0. The van der Waals surface area contributed by atoms with Crippen LogP contribution in [0.2, 0.25) is 0 Å². The summed E-state index contributed by atoms with van der Waals surface area (Å²) >= 11 is 0. The summed E-state index contributed by atoms with van der Waals surface area (Å²) in [5, 5.41) is 0. The third kappa shape index (κ3) is 8.99. The number of hydrogen-bond donors (Lipinski definition) is 0. The van der Waals surface area contributed by atoms with Crippen LogP contribution in [-0.4, -0.2) is 0 Å². The van der Waals surface area contributed by atoms with Gasteiger partial charge in [-0.05, 0) is 108 Å². The zero-order valence-electron chi connectivity index (χ0n) is 23.7. The van der Waals surface area contributed by atoms with E-state index in [1.165, 1.54) is 50.1 Å². The highest BCUT2D eigenvalue weighted by Gasteiger charge is 2.09. The van der Waals surface area contributed by atoms with E-state index in [2.05, 4.69) is 110 Å². The van der Waals surface area contributed by atoms with E-state index in [9.17, 15) is 0 Å². The molecular formula is C35H48. The van der Waals surface area contributed by atoms with Crippen LogP contribution in [0.5, 0.6) is 0 Å². The first-order valence-corrected chi connectivity index (χ1v) is 13.9. The monoisotopic (exact) mass is 468 g/mol. The van der Waals surface area contributed by atoms with E-state index < -0.39 is 0 Å². The van der Waals surface area contributed by atoms with Crippen LogP contribution in [-0.2, 0) is 38.5 Å². The summed E-state index contributed by atoms with van der Waals surface area (Å²) in [5.74, 6) is 2.03. The Hall–Kier alpha value is -2.34. The van der Waals surface area contributed by atoms with E-state index in [1.54, 1.807) is 0 Å². The van der Waals surface area contributed by atoms with Crippen LogP contribution in [0, 0.1) is 24.7 Å². The maximum atomic E-state index is 2.47. The van der Waals surface area contributed by atoms with Gasteiger partial charge in [-0.25, -0.2) is 0 Å². The molecule has 0 aliphatic heterocycles. The molecule has 0 saturated heterocycles. The lowest BCUT2D eigenvalue weighted by atomic mass is 9.90. The van der Waals surface area contributed by atoms with Crippen LogP contribution >= 0.6 is 0 Å². The van der Waals surface area contributed by atoms with Gasteiger partial charge in [0.2, 0.25) is 0 Å². The smallest absolute Gasteiger partial charge is 0.00254 e. The molecule has 3 aromatic rings. The van der Waals surface area contributed by atoms with Crippen molar-refractivity contribution in [3.8, 4) is 0 Å². The molecule has 0 aliphatic rings. The second kappa shape index (κ2) is 12.6. The average Bonchev–Trinajstić information content (AvgIpc) is 2.71. The molecule has 0 bridgehead atoms. The first-order valence-electron chi connectivity index (χ1n) is 13.9. The van der Waals surface area contributed by atoms with Crippen LogP contribution in [0.4, 0.5) is 0 Å². The first-order chi connectivity index (χ1) is 16.6. The van der Waals surface area contributed by atoms with Gasteiger partial charge in [0.15, 0.2) is 0 Å². The molecule has 0 N–H and O–H groups in total. The fourth-order valence-corrected chi connectivity index (χ4v) is 5.48. The van der Waals surface area contributed by atoms with Gasteiger partial charge >= 0.3 is 0 Å². The third-order valence-electron chi connectivity index (χ3n) is 6.58. The van der Waals surface area contributed by atoms with Gasteiger partial charge in [-0.15, -0.1) is 0 Å². The van der Waals surface area contributed by atoms with Crippen LogP contribution in [0.15, 0.2) is 54.6 Å². The lowest BCUT2D eigenvalue weighted by molar-refractivity contribution is 0.646. The van der Waals surface area contributed by atoms with Gasteiger partial charge < -0.3 is 0 Å². The van der Waals surface area contributed by atoms with E-state index in [0.717, 1.165) is 38.5 Å². The van der Waals surface area contributed by atoms with E-state index in [-0.39, 0.29) is 0 Å². The Kier molecular flexibility index (Phi) is 9.79. The largest absolute Gasteiger partial charge is 0.0625 e. The minimum atomic E-state index is 0.663. The molecule has 0 saturated carbocycles. The molecule has 0 atom stereocenters. The quantitative estimate of drug-likeness (QED) is 0.263. The average molecular weight is 469 g/mol. The fraction of sp³-hybridized carbons (Fsp3) is 0.486. The third-order valence-corrected chi connectivity index (χ3v) is 6.58. The number of benzene rings is 3. The minimum absolute atomic E-state index is 0.663. The number of hydrogen-bond acceptors (Lipinski definition) is 0. The molecule has 3 aromatic carbocycles. The Morgan fingerprint density at radius 1 is 0.429 bits per heavy atom. The summed E-state index contributed by atoms with van der Waals surface area (Å²) in [6.45, 7) is 18.4. The van der Waals surface area contributed by atoms with E-state index in [1.807, 2.05) is 0 Å². The highest BCUT2D eigenvalue weighted by atomic mass is 14.1. The van der Waals surface area contributed by atoms with Crippen molar-refractivity contribution in [2.24, 2.45) is 17.8 Å². The summed E-state index contributed by atoms with van der Waals surface area (Å²) in [6.07, 6.45) is 6.58. The number of aryl methyl sites for hydroxylation is 2. The van der Waals surface area contributed by atoms with Crippen LogP contribution in [0.1, 0.15) is 98.5 Å². The Labute approximate surface area is 216 Å². The summed E-state index contributed by atoms with van der Waals surface area (Å²) in [6, 6.07) is 21.9. The van der Waals surface area contributed by atoms with Crippen molar-refractivity contribution in [3.63, 3.8) is 0 Å². The molecule has 0 aliphatic carbocycles. The van der Waals surface area contributed by atoms with Gasteiger partial charge in [-0.2, -0.15) is 0 Å². The predicted molar refractivity (Wildman–Crippen MR) is 155 cm³/mol. The molecule has 0 aromatic heterocycles. The van der Waals surface area contributed by atoms with Crippen molar-refractivity contribution < 1.29 is 0 Å². The molecule has 0 heteroatoms. The Balaban J connectivity index is 1.93. The van der Waals surface area contributed by atoms with Crippen LogP contribution < -0.4 is 0 Å². The second-order valence-corrected chi connectivity index (χ2v) is 12.1. The zero-order chi connectivity index (χ0) is 25.5. The minimum Gasteiger partial charge on any atom is -0.0625 e. The molecule has 0 unspecified atom stereocenters. The van der Waals surface area contributed by atoms with Crippen LogP contribution in [0.3, 0.4) is 0 Å². The first kappa shape index (κ1) is 27.3. The highest BCUT2D eigenvalue weighted by molar-refractivity contribution is 5.40. The highest BCUT2D eigenvalue weighted by Crippen LogP contribution is 2.23. The molecular weight excluding hydrogens is 420 g/mol. The number of rotatable bonds is 11. The SMILES string of the molecule is CCc1cc(Cc2cc(Cc3cc(C)cc(CC(C)C)c3)cc(CC(C)C)c2)cc(CC(C)C)c1. The van der Waals surface area contributed by atoms with Gasteiger partial charge in [0.25, 0.3) is 0 Å². The van der Waals surface area contributed by atoms with Crippen LogP contribution in [0.25, 0.3) is 0 Å². The lowest BCUT2D eigenvalue weighted by Gasteiger charge is -2.15. The van der Waals surface area contributed by atoms with Gasteiger partial charge in [0, 0.05) is 0 Å². The molecule has 0 heterocycles. The van der Waals surface area contributed by atoms with Crippen molar-refractivity contribution in [2.45, 2.75) is 93.9 Å². The summed E-state index contributed by atoms with van der Waals surface area (Å²) in [5.41, 5.74) is 13.1. The maximum Gasteiger partial charge on any atom is -0.00254 e. The fourth-order valence-electron chi connectivity index (χ4n) is 5.48. The van der Waals surface area contributed by atoms with Crippen molar-refractivity contribution >= 4 is 0 Å². The molecule has 0 fully saturated rings. The summed E-state index contributed by atoms with van der Waals surface area (Å²) < 4.78 is 0. The standard InChI is InChI=1S/C35H48/c1-9-28-15-30(11-25(4)5)18-33(16-28)22-35-20-31(12-26(6)7)19-34(23-35)21-32-14-27(8)13-29(17-32)10-24(2)3/h13-20,23-26H,9-12,21-22H2,1-8H3. The van der Waals surface area contributed by atoms with E-state index in [4.69, 9.17) is 0 Å². The second-order valence-electron chi connectivity index (χ2n) is 12.1. The molecule has 188 valence electrons. The van der Waals surface area contributed by atoms with Gasteiger partial charge in [-0.3, -0.25) is 0 Å². The van der Waals surface area contributed by atoms with Gasteiger partial charge in [0.1, 0.15) is 0 Å². The maximum absolute atomic E-state index is 2.47. The predicted octanol–water partition coefficient (Wildman–Crippen LogP) is 9.33. The summed E-state index contributed by atoms with van der Waals surface area (Å²) in [4.78, 5) is 0. The van der Waals surface area contributed by atoms with Crippen molar-refractivity contribution in [3.05, 3.63) is 105 Å². The van der Waals surface area contributed by atoms with Crippen molar-refractivity contribution in [1.29, 1.82) is 0 Å². The normalized spacial score (nSPS) is 11.7. The lowest BCUT2D eigenvalue weighted by Crippen LogP contribution is -2.02. The molecule has 35 heavy (non-hydrogen) atoms. The van der Waals surface area contributed by atoms with E-state index in [0.29, 0.717) is 17.8 Å². The molecule has 0 nitrogen and oxygen atoms in total. The molecule has 3 rings (SSSR count). The van der Waals surface area contributed by atoms with Gasteiger partial charge in [-0.1, -0.05) is 109 Å². The molecule has 0 radical (unpaired) electrons. The van der Waals surface area contributed by atoms with Gasteiger partial charge in [0.05, 0.1) is 0 Å². The van der Waals surface area contributed by atoms with Crippen molar-refractivity contribution in [1.82, 2.24) is 0 Å². The van der Waals surface area contributed by atoms with Crippen molar-refractivity contribution in [2.75, 3.05) is 0 Å². The Bertz CT molecular complexity index is 1100. The molecule has 0 amide bonds. The Morgan fingerprint density at radius 3 is 1.11 bits per heavy atom. The molecule has 0 spiro atoms.